The van der Waals surface area contributed by atoms with E-state index in [0.717, 1.165) is 12.8 Å². The molecule has 8 heteroatoms. The first kappa shape index (κ1) is 24.0. The van der Waals surface area contributed by atoms with Gasteiger partial charge < -0.3 is 29.6 Å². The van der Waals surface area contributed by atoms with Crippen molar-refractivity contribution in [3.05, 3.63) is 11.6 Å². The smallest absolute Gasteiger partial charge is 0.407 e. The summed E-state index contributed by atoms with van der Waals surface area (Å²) in [4.78, 5) is 23.6. The number of carbonyl (C=O) groups excluding carboxylic acids is 2. The monoisotopic (exact) mass is 438 g/mol. The maximum Gasteiger partial charge on any atom is 0.407 e. The number of hydrogen-bond donors (Lipinski definition) is 2. The number of epoxide rings is 2. The number of nitrogens with one attached hydrogen (secondary N) is 2. The Hall–Kier alpha value is -1.64. The van der Waals surface area contributed by atoms with Gasteiger partial charge in [0.1, 0.15) is 23.4 Å². The van der Waals surface area contributed by atoms with Gasteiger partial charge in [-0.25, -0.2) is 4.79 Å². The minimum atomic E-state index is -0.455. The van der Waals surface area contributed by atoms with Crippen LogP contribution in [0.1, 0.15) is 59.8 Å². The highest BCUT2D eigenvalue weighted by Crippen LogP contribution is 2.59. The summed E-state index contributed by atoms with van der Waals surface area (Å²) in [5.74, 6) is 0.0186. The Morgan fingerprint density at radius 2 is 1.94 bits per heavy atom. The Labute approximate surface area is 185 Å². The summed E-state index contributed by atoms with van der Waals surface area (Å²) < 4.78 is 23.8. The fourth-order valence-corrected chi connectivity index (χ4v) is 4.88. The van der Waals surface area contributed by atoms with Crippen molar-refractivity contribution in [2.24, 2.45) is 5.92 Å². The van der Waals surface area contributed by atoms with Gasteiger partial charge in [-0.1, -0.05) is 18.6 Å². The quantitative estimate of drug-likeness (QED) is 0.309. The predicted octanol–water partition coefficient (Wildman–Crippen LogP) is 2.71. The second-order valence-corrected chi connectivity index (χ2v) is 9.31. The minimum absolute atomic E-state index is 0.00802. The van der Waals surface area contributed by atoms with Crippen LogP contribution in [0.25, 0.3) is 0 Å². The average Bonchev–Trinajstić information content (AvgIpc) is 3.64. The van der Waals surface area contributed by atoms with Gasteiger partial charge in [-0.3, -0.25) is 4.79 Å². The van der Waals surface area contributed by atoms with Gasteiger partial charge in [0.2, 0.25) is 5.91 Å². The van der Waals surface area contributed by atoms with Gasteiger partial charge in [0.05, 0.1) is 18.6 Å². The van der Waals surface area contributed by atoms with Gasteiger partial charge >= 0.3 is 6.09 Å². The fraction of sp³-hybridized carbons (Fsp3) is 0.826. The highest BCUT2D eigenvalue weighted by atomic mass is 16.6. The van der Waals surface area contributed by atoms with Crippen molar-refractivity contribution >= 4 is 12.0 Å². The first-order chi connectivity index (χ1) is 14.8. The molecule has 3 rings (SSSR count). The van der Waals surface area contributed by atoms with Gasteiger partial charge in [-0.2, -0.15) is 0 Å². The van der Waals surface area contributed by atoms with Crippen molar-refractivity contribution in [3.8, 4) is 0 Å². The van der Waals surface area contributed by atoms with E-state index in [-0.39, 0.29) is 41.3 Å². The predicted molar refractivity (Wildman–Crippen MR) is 116 cm³/mol. The van der Waals surface area contributed by atoms with E-state index in [0.29, 0.717) is 39.0 Å². The molecular formula is C23H38N2O6. The number of hydrogen-bond acceptors (Lipinski definition) is 6. The molecule has 1 spiro atoms. The van der Waals surface area contributed by atoms with Gasteiger partial charge in [0.25, 0.3) is 0 Å². The zero-order valence-electron chi connectivity index (χ0n) is 19.5. The lowest BCUT2D eigenvalue weighted by molar-refractivity contribution is -0.120. The number of alkyl carbamates (subject to hydrolysis) is 1. The molecule has 2 aliphatic heterocycles. The van der Waals surface area contributed by atoms with Crippen molar-refractivity contribution in [2.45, 2.75) is 89.3 Å². The van der Waals surface area contributed by atoms with Gasteiger partial charge in [0.15, 0.2) is 0 Å². The standard InChI is InChI=1S/C23H38N2O6/c1-6-18(26)24-12-7-13-25-21(27)30-16-10-11-23(14-29-23)20(19(16)28-5)22(4)17(31-22)9-8-15(2)3/h8,16-17,19-20H,6-7,9-14H2,1-5H3,(H,24,26)(H,25,27)/t16?,17-,19?,20?,22?,23+/m1/s1. The SMILES string of the molecule is CCC(=O)NCCCNC(=O)OC1CC[C@]2(CO2)C(C2(C)O[C@@H]2CC=C(C)C)C1OC. The number of allylic oxidation sites excluding steroid dienone is 1. The molecule has 0 aromatic rings. The molecule has 3 fully saturated rings. The van der Waals surface area contributed by atoms with E-state index in [1.54, 1.807) is 7.11 Å². The Balaban J connectivity index is 1.54. The minimum Gasteiger partial charge on any atom is -0.443 e. The van der Waals surface area contributed by atoms with Crippen LogP contribution in [0.3, 0.4) is 0 Å². The van der Waals surface area contributed by atoms with Crippen LogP contribution in [0, 0.1) is 5.92 Å². The summed E-state index contributed by atoms with van der Waals surface area (Å²) in [6, 6.07) is 0. The van der Waals surface area contributed by atoms with Gasteiger partial charge in [-0.15, -0.1) is 0 Å². The van der Waals surface area contributed by atoms with Crippen LogP contribution in [0.15, 0.2) is 11.6 Å². The normalized spacial score (nSPS) is 35.9. The molecule has 2 amide bonds. The number of rotatable bonds is 10. The zero-order valence-corrected chi connectivity index (χ0v) is 19.5. The van der Waals surface area contributed by atoms with Crippen LogP contribution < -0.4 is 10.6 Å². The van der Waals surface area contributed by atoms with Crippen molar-refractivity contribution in [1.29, 1.82) is 0 Å². The third kappa shape index (κ3) is 5.59. The van der Waals surface area contributed by atoms with Crippen LogP contribution >= 0.6 is 0 Å². The second-order valence-electron chi connectivity index (χ2n) is 9.31. The van der Waals surface area contributed by atoms with Crippen LogP contribution in [-0.2, 0) is 23.7 Å². The molecule has 0 radical (unpaired) electrons. The summed E-state index contributed by atoms with van der Waals surface area (Å²) in [5, 5.41) is 5.56. The number of carbonyl (C=O) groups is 2. The third-order valence-electron chi connectivity index (χ3n) is 6.76. The Bertz CT molecular complexity index is 688. The fourth-order valence-electron chi connectivity index (χ4n) is 4.88. The first-order valence-corrected chi connectivity index (χ1v) is 11.4. The van der Waals surface area contributed by atoms with E-state index >= 15 is 0 Å². The average molecular weight is 439 g/mol. The van der Waals surface area contributed by atoms with E-state index < -0.39 is 6.09 Å². The lowest BCUT2D eigenvalue weighted by Gasteiger charge is -2.42. The second kappa shape index (κ2) is 9.88. The highest BCUT2D eigenvalue weighted by Gasteiger charge is 2.72. The summed E-state index contributed by atoms with van der Waals surface area (Å²) in [7, 11) is 1.67. The first-order valence-electron chi connectivity index (χ1n) is 11.4. The molecule has 4 unspecified atom stereocenters. The number of methoxy groups -OCH3 is 1. The van der Waals surface area contributed by atoms with Crippen LogP contribution in [-0.4, -0.2) is 68.3 Å². The molecule has 8 nitrogen and oxygen atoms in total. The molecule has 0 aromatic heterocycles. The molecular weight excluding hydrogens is 400 g/mol. The zero-order chi connectivity index (χ0) is 22.6. The van der Waals surface area contributed by atoms with E-state index in [1.807, 2.05) is 6.92 Å². The maximum atomic E-state index is 12.4. The van der Waals surface area contributed by atoms with Crippen LogP contribution in [0.2, 0.25) is 0 Å². The lowest BCUT2D eigenvalue weighted by atomic mass is 9.68. The van der Waals surface area contributed by atoms with Crippen molar-refractivity contribution in [3.63, 3.8) is 0 Å². The Morgan fingerprint density at radius 3 is 2.55 bits per heavy atom. The molecule has 2 heterocycles. The maximum absolute atomic E-state index is 12.4. The molecule has 2 N–H and O–H groups in total. The highest BCUT2D eigenvalue weighted by molar-refractivity contribution is 5.75. The summed E-state index contributed by atoms with van der Waals surface area (Å²) in [5.41, 5.74) is 0.691. The Kier molecular flexibility index (Phi) is 7.65. The van der Waals surface area contributed by atoms with Crippen LogP contribution in [0.5, 0.6) is 0 Å². The number of amides is 2. The van der Waals surface area contributed by atoms with Crippen LogP contribution in [0.4, 0.5) is 4.79 Å². The molecule has 0 bridgehead atoms. The molecule has 1 saturated carbocycles. The van der Waals surface area contributed by atoms with E-state index in [9.17, 15) is 9.59 Å². The van der Waals surface area contributed by atoms with Crippen molar-refractivity contribution in [1.82, 2.24) is 10.6 Å². The van der Waals surface area contributed by atoms with E-state index in [2.05, 4.69) is 37.5 Å². The summed E-state index contributed by atoms with van der Waals surface area (Å²) >= 11 is 0. The topological polar surface area (TPSA) is 102 Å². The molecule has 6 atom stereocenters. The van der Waals surface area contributed by atoms with E-state index in [4.69, 9.17) is 18.9 Å². The number of ether oxygens (including phenoxy) is 4. The summed E-state index contributed by atoms with van der Waals surface area (Å²) in [6.45, 7) is 9.78. The van der Waals surface area contributed by atoms with Crippen molar-refractivity contribution < 1.29 is 28.5 Å². The van der Waals surface area contributed by atoms with Crippen molar-refractivity contribution in [2.75, 3.05) is 26.8 Å². The third-order valence-corrected chi connectivity index (χ3v) is 6.76. The Morgan fingerprint density at radius 1 is 1.23 bits per heavy atom. The molecule has 0 aromatic carbocycles. The molecule has 1 aliphatic carbocycles. The lowest BCUT2D eigenvalue weighted by Crippen LogP contribution is -2.56. The molecule has 2 saturated heterocycles. The molecule has 176 valence electrons. The molecule has 3 aliphatic rings. The largest absolute Gasteiger partial charge is 0.443 e. The van der Waals surface area contributed by atoms with E-state index in [1.165, 1.54) is 5.57 Å². The summed E-state index contributed by atoms with van der Waals surface area (Å²) in [6.07, 6.45) is 4.73. The molecule has 31 heavy (non-hydrogen) atoms. The van der Waals surface area contributed by atoms with Gasteiger partial charge in [-0.05, 0) is 46.5 Å². The van der Waals surface area contributed by atoms with Gasteiger partial charge in [0, 0.05) is 26.6 Å².